The first-order chi connectivity index (χ1) is 3.79. The van der Waals surface area contributed by atoms with Gasteiger partial charge in [0.25, 0.3) is 0 Å². The summed E-state index contributed by atoms with van der Waals surface area (Å²) in [4.78, 5) is 0. The molecule has 1 unspecified atom stereocenters. The summed E-state index contributed by atoms with van der Waals surface area (Å²) in [7, 11) is 0. The second-order valence-corrected chi connectivity index (χ2v) is 3.38. The van der Waals surface area contributed by atoms with E-state index in [9.17, 15) is 0 Å². The van der Waals surface area contributed by atoms with E-state index in [-0.39, 0.29) is 0 Å². The molecular formula is C8H16. The molecule has 0 aromatic carbocycles. The molecule has 48 valence electrons. The van der Waals surface area contributed by atoms with Crippen LogP contribution in [0.15, 0.2) is 0 Å². The Labute approximate surface area is 52.3 Å². The molecule has 0 nitrogen and oxygen atoms in total. The maximum atomic E-state index is 2.37. The van der Waals surface area contributed by atoms with Gasteiger partial charge >= 0.3 is 0 Å². The second-order valence-electron chi connectivity index (χ2n) is 3.38. The topological polar surface area (TPSA) is 0 Å². The van der Waals surface area contributed by atoms with E-state index < -0.39 is 0 Å². The van der Waals surface area contributed by atoms with Crippen molar-refractivity contribution in [2.45, 2.75) is 39.5 Å². The fraction of sp³-hybridized carbons (Fsp3) is 1.00. The van der Waals surface area contributed by atoms with Crippen LogP contribution < -0.4 is 0 Å². The Kier molecular flexibility index (Phi) is 1.93. The quantitative estimate of drug-likeness (QED) is 0.452. The van der Waals surface area contributed by atoms with Crippen molar-refractivity contribution in [2.75, 3.05) is 0 Å². The summed E-state index contributed by atoms with van der Waals surface area (Å²) in [5.41, 5.74) is 0. The summed E-state index contributed by atoms with van der Waals surface area (Å²) in [5.74, 6) is 2.03. The average Bonchev–Trinajstić information content (AvgIpc) is 1.64. The molecule has 0 aromatic heterocycles. The van der Waals surface area contributed by atoms with Crippen LogP contribution in [0.1, 0.15) is 39.5 Å². The molecule has 0 heterocycles. The van der Waals surface area contributed by atoms with Crippen molar-refractivity contribution in [1.82, 2.24) is 0 Å². The van der Waals surface area contributed by atoms with E-state index >= 15 is 0 Å². The summed E-state index contributed by atoms with van der Waals surface area (Å²) in [6, 6.07) is 0. The molecule has 0 radical (unpaired) electrons. The van der Waals surface area contributed by atoms with Gasteiger partial charge in [0.05, 0.1) is 0 Å². The summed E-state index contributed by atoms with van der Waals surface area (Å²) >= 11 is 0. The minimum Gasteiger partial charge on any atom is -0.0625 e. The summed E-state index contributed by atoms with van der Waals surface area (Å²) in [6.07, 6.45) is 5.90. The predicted molar refractivity (Wildman–Crippen MR) is 36.8 cm³/mol. The van der Waals surface area contributed by atoms with Crippen molar-refractivity contribution in [3.05, 3.63) is 0 Å². The normalized spacial score (nSPS) is 39.8. The summed E-state index contributed by atoms with van der Waals surface area (Å²) in [6.45, 7) is 4.74. The molecule has 0 N–H and O–H groups in total. The first kappa shape index (κ1) is 6.12. The van der Waals surface area contributed by atoms with Crippen molar-refractivity contribution in [3.63, 3.8) is 0 Å². The van der Waals surface area contributed by atoms with Crippen LogP contribution in [0.3, 0.4) is 0 Å². The van der Waals surface area contributed by atoms with Crippen LogP contribution in [0.5, 0.6) is 0 Å². The van der Waals surface area contributed by atoms with E-state index in [1.165, 1.54) is 25.7 Å². The van der Waals surface area contributed by atoms with E-state index in [4.69, 9.17) is 0 Å². The number of hydrogen-bond donors (Lipinski definition) is 0. The number of rotatable bonds is 0. The lowest BCUT2D eigenvalue weighted by atomic mass is 9.84. The Morgan fingerprint density at radius 1 is 1.00 bits per heavy atom. The standard InChI is InChI=1S/C8H16/c1-7-4-3-5-8(2)6-7/h7-8H,3-6H2,1-2H3/t7-,8?/m1/s1. The van der Waals surface area contributed by atoms with Gasteiger partial charge in [0.2, 0.25) is 0 Å². The molecule has 8 heavy (non-hydrogen) atoms. The largest absolute Gasteiger partial charge is 0.0625 e. The monoisotopic (exact) mass is 112 g/mol. The van der Waals surface area contributed by atoms with Crippen molar-refractivity contribution < 1.29 is 0 Å². The lowest BCUT2D eigenvalue weighted by Gasteiger charge is -2.22. The van der Waals surface area contributed by atoms with Gasteiger partial charge in [-0.25, -0.2) is 0 Å². The highest BCUT2D eigenvalue weighted by molar-refractivity contribution is 4.66. The van der Waals surface area contributed by atoms with Crippen LogP contribution in [0.4, 0.5) is 0 Å². The van der Waals surface area contributed by atoms with Crippen LogP contribution >= 0.6 is 0 Å². The highest BCUT2D eigenvalue weighted by Crippen LogP contribution is 2.27. The molecule has 0 amide bonds. The van der Waals surface area contributed by atoms with Gasteiger partial charge in [-0.05, 0) is 18.3 Å². The molecule has 0 spiro atoms. The molecular weight excluding hydrogens is 96.1 g/mol. The van der Waals surface area contributed by atoms with Crippen molar-refractivity contribution in [1.29, 1.82) is 0 Å². The van der Waals surface area contributed by atoms with Crippen LogP contribution in [-0.2, 0) is 0 Å². The van der Waals surface area contributed by atoms with Crippen molar-refractivity contribution in [2.24, 2.45) is 11.8 Å². The average molecular weight is 112 g/mol. The third-order valence-corrected chi connectivity index (χ3v) is 2.20. The molecule has 0 aliphatic heterocycles. The van der Waals surface area contributed by atoms with Gasteiger partial charge in [-0.1, -0.05) is 33.1 Å². The predicted octanol–water partition coefficient (Wildman–Crippen LogP) is 2.83. The minimum absolute atomic E-state index is 1.01. The van der Waals surface area contributed by atoms with Crippen molar-refractivity contribution >= 4 is 0 Å². The van der Waals surface area contributed by atoms with E-state index in [2.05, 4.69) is 13.8 Å². The number of hydrogen-bond acceptors (Lipinski definition) is 0. The highest BCUT2D eigenvalue weighted by atomic mass is 14.2. The SMILES string of the molecule is CC1CCC[C@@H](C)C1. The van der Waals surface area contributed by atoms with Crippen LogP contribution in [0.2, 0.25) is 0 Å². The smallest absolute Gasteiger partial charge is 0.0440 e. The maximum Gasteiger partial charge on any atom is -0.0440 e. The molecule has 0 saturated heterocycles. The first-order valence-electron chi connectivity index (χ1n) is 3.79. The maximum absolute atomic E-state index is 2.37. The highest BCUT2D eigenvalue weighted by Gasteiger charge is 2.13. The van der Waals surface area contributed by atoms with Gasteiger partial charge < -0.3 is 0 Å². The lowest BCUT2D eigenvalue weighted by Crippen LogP contribution is -2.09. The fourth-order valence-corrected chi connectivity index (χ4v) is 1.74. The van der Waals surface area contributed by atoms with E-state index in [0.717, 1.165) is 11.8 Å². The fourth-order valence-electron chi connectivity index (χ4n) is 1.74. The molecule has 0 aromatic rings. The van der Waals surface area contributed by atoms with E-state index in [1.54, 1.807) is 0 Å². The Hall–Kier alpha value is 0. The zero-order valence-corrected chi connectivity index (χ0v) is 5.98. The van der Waals surface area contributed by atoms with Crippen LogP contribution in [0, 0.1) is 11.8 Å². The Morgan fingerprint density at radius 3 is 1.75 bits per heavy atom. The molecule has 0 bridgehead atoms. The van der Waals surface area contributed by atoms with Gasteiger partial charge in [0.15, 0.2) is 0 Å². The Bertz CT molecular complexity index is 58.4. The molecule has 2 atom stereocenters. The first-order valence-corrected chi connectivity index (χ1v) is 3.79. The zero-order chi connectivity index (χ0) is 5.98. The molecule has 1 rings (SSSR count). The molecule has 1 aliphatic rings. The van der Waals surface area contributed by atoms with Gasteiger partial charge in [-0.15, -0.1) is 0 Å². The van der Waals surface area contributed by atoms with Crippen LogP contribution in [-0.4, -0.2) is 0 Å². The summed E-state index contributed by atoms with van der Waals surface area (Å²) in [5, 5.41) is 0. The van der Waals surface area contributed by atoms with E-state index in [1.807, 2.05) is 0 Å². The van der Waals surface area contributed by atoms with E-state index in [0.29, 0.717) is 0 Å². The van der Waals surface area contributed by atoms with Crippen molar-refractivity contribution in [3.8, 4) is 0 Å². The van der Waals surface area contributed by atoms with Gasteiger partial charge in [0, 0.05) is 0 Å². The molecule has 1 fully saturated rings. The third kappa shape index (κ3) is 1.50. The summed E-state index contributed by atoms with van der Waals surface area (Å²) < 4.78 is 0. The molecule has 1 aliphatic carbocycles. The third-order valence-electron chi connectivity index (χ3n) is 2.20. The Balaban J connectivity index is 2.23. The second kappa shape index (κ2) is 2.52. The van der Waals surface area contributed by atoms with Gasteiger partial charge in [0.1, 0.15) is 0 Å². The minimum atomic E-state index is 1.01. The van der Waals surface area contributed by atoms with Gasteiger partial charge in [-0.2, -0.15) is 0 Å². The molecule has 0 heteroatoms. The van der Waals surface area contributed by atoms with Gasteiger partial charge in [-0.3, -0.25) is 0 Å². The molecule has 1 saturated carbocycles. The lowest BCUT2D eigenvalue weighted by molar-refractivity contribution is 0.301. The van der Waals surface area contributed by atoms with Crippen LogP contribution in [0.25, 0.3) is 0 Å². The Morgan fingerprint density at radius 2 is 1.50 bits per heavy atom. The zero-order valence-electron chi connectivity index (χ0n) is 5.98.